The van der Waals surface area contributed by atoms with Crippen LogP contribution in [-0.4, -0.2) is 60.9 Å². The van der Waals surface area contributed by atoms with E-state index >= 15 is 0 Å². The summed E-state index contributed by atoms with van der Waals surface area (Å²) in [7, 11) is 3.54. The number of hydrogen-bond acceptors (Lipinski definition) is 4. The van der Waals surface area contributed by atoms with Crippen LogP contribution in [0.4, 0.5) is 0 Å². The van der Waals surface area contributed by atoms with Crippen LogP contribution in [0.1, 0.15) is 44.1 Å². The minimum Gasteiger partial charge on any atom is -0.497 e. The smallest absolute Gasteiger partial charge is 0.237 e. The molecule has 1 atom stereocenters. The van der Waals surface area contributed by atoms with E-state index in [1.807, 2.05) is 36.2 Å². The van der Waals surface area contributed by atoms with Gasteiger partial charge in [0, 0.05) is 32.7 Å². The topological polar surface area (TPSA) is 61.9 Å². The average molecular weight is 373 g/mol. The van der Waals surface area contributed by atoms with Crippen LogP contribution in [0.15, 0.2) is 24.3 Å². The van der Waals surface area contributed by atoms with E-state index in [4.69, 9.17) is 4.74 Å². The van der Waals surface area contributed by atoms with E-state index in [9.17, 15) is 9.59 Å². The van der Waals surface area contributed by atoms with E-state index in [1.54, 1.807) is 7.11 Å². The Morgan fingerprint density at radius 1 is 1.30 bits per heavy atom. The predicted octanol–water partition coefficient (Wildman–Crippen LogP) is 2.18. The van der Waals surface area contributed by atoms with Gasteiger partial charge in [0.25, 0.3) is 0 Å². The highest BCUT2D eigenvalue weighted by atomic mass is 16.5. The van der Waals surface area contributed by atoms with Gasteiger partial charge in [-0.25, -0.2) is 0 Å². The van der Waals surface area contributed by atoms with Crippen molar-refractivity contribution in [3.63, 3.8) is 0 Å². The van der Waals surface area contributed by atoms with Crippen molar-refractivity contribution >= 4 is 11.8 Å². The van der Waals surface area contributed by atoms with E-state index in [0.717, 1.165) is 30.7 Å². The van der Waals surface area contributed by atoms with Crippen LogP contribution in [0.5, 0.6) is 5.75 Å². The Hall–Kier alpha value is -2.08. The normalized spacial score (nSPS) is 21.6. The number of nitrogens with one attached hydrogen (secondary N) is 1. The van der Waals surface area contributed by atoms with Crippen molar-refractivity contribution < 1.29 is 14.3 Å². The number of piperazine rings is 1. The van der Waals surface area contributed by atoms with Crippen LogP contribution in [0.2, 0.25) is 0 Å². The molecule has 1 saturated carbocycles. The maximum Gasteiger partial charge on any atom is 0.237 e. The third-order valence-electron chi connectivity index (χ3n) is 5.85. The molecule has 1 aromatic rings. The van der Waals surface area contributed by atoms with E-state index < -0.39 is 6.04 Å². The van der Waals surface area contributed by atoms with Crippen molar-refractivity contribution in [2.24, 2.45) is 0 Å². The van der Waals surface area contributed by atoms with Crippen LogP contribution in [-0.2, 0) is 16.1 Å². The lowest BCUT2D eigenvalue weighted by Gasteiger charge is -2.37. The number of ether oxygens (including phenoxy) is 1. The Labute approximate surface area is 161 Å². The molecule has 0 unspecified atom stereocenters. The molecule has 2 fully saturated rings. The lowest BCUT2D eigenvalue weighted by Crippen LogP contribution is -2.56. The molecule has 1 aliphatic heterocycles. The van der Waals surface area contributed by atoms with Gasteiger partial charge in [0.2, 0.25) is 11.8 Å². The number of hydrogen-bond donors (Lipinski definition) is 1. The van der Waals surface area contributed by atoms with Gasteiger partial charge in [-0.1, -0.05) is 31.4 Å². The molecule has 0 aromatic heterocycles. The second kappa shape index (κ2) is 9.22. The fourth-order valence-electron chi connectivity index (χ4n) is 4.16. The minimum atomic E-state index is -0.413. The van der Waals surface area contributed by atoms with Crippen molar-refractivity contribution in [2.45, 2.75) is 57.2 Å². The van der Waals surface area contributed by atoms with Gasteiger partial charge in [0.1, 0.15) is 5.75 Å². The summed E-state index contributed by atoms with van der Waals surface area (Å²) in [5.41, 5.74) is 1.09. The Balaban J connectivity index is 1.66. The standard InChI is InChI=1S/C21H31N3O3/c1-23(17-8-4-3-5-9-17)20(25)14-19-21(26)22-11-12-24(19)15-16-7-6-10-18(13-16)27-2/h6-7,10,13,17,19H,3-5,8-9,11-12,14-15H2,1-2H3,(H,22,26)/t19-/m0/s1. The summed E-state index contributed by atoms with van der Waals surface area (Å²) in [5, 5.41) is 2.92. The summed E-state index contributed by atoms with van der Waals surface area (Å²) < 4.78 is 5.30. The average Bonchev–Trinajstić information content (AvgIpc) is 2.70. The number of amides is 2. The Morgan fingerprint density at radius 2 is 2.07 bits per heavy atom. The summed E-state index contributed by atoms with van der Waals surface area (Å²) in [6.07, 6.45) is 6.03. The first-order valence-corrected chi connectivity index (χ1v) is 9.99. The van der Waals surface area contributed by atoms with Crippen molar-refractivity contribution in [1.82, 2.24) is 15.1 Å². The van der Waals surface area contributed by atoms with Crippen LogP contribution in [0.3, 0.4) is 0 Å². The van der Waals surface area contributed by atoms with E-state index in [0.29, 0.717) is 19.1 Å². The van der Waals surface area contributed by atoms with Gasteiger partial charge in [-0.2, -0.15) is 0 Å². The number of rotatable bonds is 6. The SMILES string of the molecule is COc1cccc(CN2CCNC(=O)[C@@H]2CC(=O)N(C)C2CCCCC2)c1. The molecule has 1 saturated heterocycles. The zero-order chi connectivity index (χ0) is 19.2. The summed E-state index contributed by atoms with van der Waals surface area (Å²) in [4.78, 5) is 29.3. The van der Waals surface area contributed by atoms with Gasteiger partial charge in [-0.3, -0.25) is 14.5 Å². The second-order valence-electron chi connectivity index (χ2n) is 7.63. The van der Waals surface area contributed by atoms with Gasteiger partial charge in [0.05, 0.1) is 19.6 Å². The largest absolute Gasteiger partial charge is 0.497 e. The van der Waals surface area contributed by atoms with Crippen molar-refractivity contribution in [1.29, 1.82) is 0 Å². The van der Waals surface area contributed by atoms with E-state index in [1.165, 1.54) is 19.3 Å². The molecule has 6 heteroatoms. The molecule has 27 heavy (non-hydrogen) atoms. The molecule has 0 bridgehead atoms. The monoisotopic (exact) mass is 373 g/mol. The first kappa shape index (κ1) is 19.7. The third kappa shape index (κ3) is 5.01. The van der Waals surface area contributed by atoms with Crippen molar-refractivity contribution in [3.05, 3.63) is 29.8 Å². The van der Waals surface area contributed by atoms with Crippen molar-refractivity contribution in [3.8, 4) is 5.75 Å². The summed E-state index contributed by atoms with van der Waals surface area (Å²) in [5.74, 6) is 0.827. The van der Waals surface area contributed by atoms with Gasteiger partial charge in [-0.15, -0.1) is 0 Å². The summed E-state index contributed by atoms with van der Waals surface area (Å²) in [6.45, 7) is 2.00. The first-order valence-electron chi connectivity index (χ1n) is 9.99. The highest BCUT2D eigenvalue weighted by Gasteiger charge is 2.33. The van der Waals surface area contributed by atoms with Crippen LogP contribution >= 0.6 is 0 Å². The number of methoxy groups -OCH3 is 1. The summed E-state index contributed by atoms with van der Waals surface area (Å²) >= 11 is 0. The third-order valence-corrected chi connectivity index (χ3v) is 5.85. The maximum absolute atomic E-state index is 12.9. The minimum absolute atomic E-state index is 0.0467. The number of carbonyl (C=O) groups is 2. The molecule has 2 amide bonds. The number of nitrogens with zero attached hydrogens (tertiary/aromatic N) is 2. The highest BCUT2D eigenvalue weighted by Crippen LogP contribution is 2.23. The highest BCUT2D eigenvalue weighted by molar-refractivity contribution is 5.88. The number of benzene rings is 1. The second-order valence-corrected chi connectivity index (χ2v) is 7.63. The predicted molar refractivity (Wildman–Crippen MR) is 104 cm³/mol. The lowest BCUT2D eigenvalue weighted by atomic mass is 9.94. The molecule has 6 nitrogen and oxygen atoms in total. The molecule has 1 aromatic carbocycles. The molecule has 1 heterocycles. The summed E-state index contributed by atoms with van der Waals surface area (Å²) in [6, 6.07) is 7.79. The van der Waals surface area contributed by atoms with Crippen LogP contribution < -0.4 is 10.1 Å². The fraction of sp³-hybridized carbons (Fsp3) is 0.619. The molecule has 148 valence electrons. The van der Waals surface area contributed by atoms with Crippen molar-refractivity contribution in [2.75, 3.05) is 27.2 Å². The van der Waals surface area contributed by atoms with Crippen LogP contribution in [0, 0.1) is 0 Å². The molecule has 3 rings (SSSR count). The maximum atomic E-state index is 12.9. The van der Waals surface area contributed by atoms with Gasteiger partial charge in [-0.05, 0) is 30.5 Å². The molecule has 0 radical (unpaired) electrons. The molecular formula is C21H31N3O3. The molecule has 1 N–H and O–H groups in total. The molecular weight excluding hydrogens is 342 g/mol. The van der Waals surface area contributed by atoms with Crippen LogP contribution in [0.25, 0.3) is 0 Å². The fourth-order valence-corrected chi connectivity index (χ4v) is 4.16. The van der Waals surface area contributed by atoms with Gasteiger partial charge < -0.3 is 15.0 Å². The molecule has 1 aliphatic carbocycles. The zero-order valence-electron chi connectivity index (χ0n) is 16.4. The van der Waals surface area contributed by atoms with Gasteiger partial charge in [0.15, 0.2) is 0 Å². The Bertz CT molecular complexity index is 658. The lowest BCUT2D eigenvalue weighted by molar-refractivity contribution is -0.140. The Kier molecular flexibility index (Phi) is 6.72. The van der Waals surface area contributed by atoms with Gasteiger partial charge >= 0.3 is 0 Å². The quantitative estimate of drug-likeness (QED) is 0.830. The first-order chi connectivity index (χ1) is 13.1. The zero-order valence-corrected chi connectivity index (χ0v) is 16.4. The molecule has 0 spiro atoms. The van der Waals surface area contributed by atoms with E-state index in [2.05, 4.69) is 10.2 Å². The van der Waals surface area contributed by atoms with E-state index in [-0.39, 0.29) is 18.2 Å². The number of carbonyl (C=O) groups excluding carboxylic acids is 2. The molecule has 2 aliphatic rings. The Morgan fingerprint density at radius 3 is 2.81 bits per heavy atom.